The van der Waals surface area contributed by atoms with Crippen molar-refractivity contribution >= 4 is 40.2 Å². The zero-order valence-electron chi connectivity index (χ0n) is 21.5. The average Bonchev–Trinajstić information content (AvgIpc) is 3.46. The van der Waals surface area contributed by atoms with Crippen LogP contribution in [-0.2, 0) is 6.61 Å². The van der Waals surface area contributed by atoms with E-state index in [2.05, 4.69) is 88.6 Å². The fourth-order valence-corrected chi connectivity index (χ4v) is 6.31. The van der Waals surface area contributed by atoms with Gasteiger partial charge in [-0.25, -0.2) is 4.39 Å². The molecule has 1 aliphatic carbocycles. The van der Waals surface area contributed by atoms with Gasteiger partial charge in [-0.05, 0) is 99.6 Å². The molecule has 3 atom stereocenters. The lowest BCUT2D eigenvalue weighted by Gasteiger charge is -2.37. The van der Waals surface area contributed by atoms with E-state index in [1.807, 2.05) is 24.4 Å². The van der Waals surface area contributed by atoms with Crippen molar-refractivity contribution in [1.82, 2.24) is 0 Å². The molecule has 0 unspecified atom stereocenters. The maximum absolute atomic E-state index is 13.5. The molecule has 0 saturated carbocycles. The molecule has 0 spiro atoms. The van der Waals surface area contributed by atoms with E-state index < -0.39 is 0 Å². The largest absolute Gasteiger partial charge is 0.493 e. The summed E-state index contributed by atoms with van der Waals surface area (Å²) in [5.41, 5.74) is 6.45. The molecular weight excluding hydrogens is 602 g/mol. The van der Waals surface area contributed by atoms with Gasteiger partial charge in [-0.1, -0.05) is 54.6 Å². The van der Waals surface area contributed by atoms with Crippen molar-refractivity contribution in [2.75, 3.05) is 12.4 Å². The fraction of sp³-hybridized carbons (Fsp3) is 0.182. The number of para-hydroxylation sites is 1. The van der Waals surface area contributed by atoms with Crippen LogP contribution in [0.3, 0.4) is 0 Å². The monoisotopic (exact) mass is 630 g/mol. The molecule has 4 aromatic rings. The lowest BCUT2D eigenvalue weighted by atomic mass is 9.77. The van der Waals surface area contributed by atoms with E-state index in [4.69, 9.17) is 14.5 Å². The van der Waals surface area contributed by atoms with E-state index >= 15 is 0 Å². The summed E-state index contributed by atoms with van der Waals surface area (Å²) >= 11 is 2.23. The number of benzene rings is 4. The molecule has 6 heteroatoms. The zero-order chi connectivity index (χ0) is 26.8. The standard InChI is InChI=1S/C33H28FIN2O2/c1-38-31-18-22(17-29(35)33(31)39-20-21-6-4-7-24(34)16-21)19-36-25-14-12-23(13-15-25)32-28-10-5-9-26(28)27-8-2-3-11-30(27)37-32/h2-9,11-19,26,28,32,37H,10,20H2,1H3/t26-,28+,32+/m1/s1. The van der Waals surface area contributed by atoms with Crippen LogP contribution in [0.5, 0.6) is 11.5 Å². The summed E-state index contributed by atoms with van der Waals surface area (Å²) < 4.78 is 26.0. The normalized spacial score (nSPS) is 19.4. The maximum atomic E-state index is 13.5. The van der Waals surface area contributed by atoms with E-state index in [0.29, 0.717) is 23.3 Å². The average molecular weight is 631 g/mol. The smallest absolute Gasteiger partial charge is 0.174 e. The van der Waals surface area contributed by atoms with Crippen LogP contribution >= 0.6 is 22.6 Å². The number of allylic oxidation sites excluding steroid dienone is 2. The minimum atomic E-state index is -0.280. The number of halogens is 2. The topological polar surface area (TPSA) is 42.8 Å². The molecule has 0 fully saturated rings. The minimum Gasteiger partial charge on any atom is -0.493 e. The number of methoxy groups -OCH3 is 1. The Hall–Kier alpha value is -3.65. The van der Waals surface area contributed by atoms with Crippen molar-refractivity contribution in [3.05, 3.63) is 129 Å². The highest BCUT2D eigenvalue weighted by molar-refractivity contribution is 14.1. The van der Waals surface area contributed by atoms with Gasteiger partial charge in [0.1, 0.15) is 12.4 Å². The maximum Gasteiger partial charge on any atom is 0.174 e. The van der Waals surface area contributed by atoms with Gasteiger partial charge in [-0.3, -0.25) is 4.99 Å². The summed E-state index contributed by atoms with van der Waals surface area (Å²) in [4.78, 5) is 4.72. The van der Waals surface area contributed by atoms with E-state index in [1.165, 1.54) is 28.9 Å². The van der Waals surface area contributed by atoms with Gasteiger partial charge in [0.15, 0.2) is 11.5 Å². The molecule has 0 bridgehead atoms. The predicted molar refractivity (Wildman–Crippen MR) is 163 cm³/mol. The van der Waals surface area contributed by atoms with Crippen molar-refractivity contribution in [3.63, 3.8) is 0 Å². The van der Waals surface area contributed by atoms with Crippen LogP contribution < -0.4 is 14.8 Å². The highest BCUT2D eigenvalue weighted by Gasteiger charge is 2.37. The zero-order valence-corrected chi connectivity index (χ0v) is 23.6. The lowest BCUT2D eigenvalue weighted by Crippen LogP contribution is -2.28. The molecule has 39 heavy (non-hydrogen) atoms. The molecule has 1 aliphatic heterocycles. The third-order valence-corrected chi connectivity index (χ3v) is 8.21. The van der Waals surface area contributed by atoms with E-state index in [9.17, 15) is 4.39 Å². The third kappa shape index (κ3) is 5.43. The lowest BCUT2D eigenvalue weighted by molar-refractivity contribution is 0.282. The number of aliphatic imine (C=N–C) groups is 1. The van der Waals surface area contributed by atoms with Gasteiger partial charge in [-0.15, -0.1) is 0 Å². The van der Waals surface area contributed by atoms with Crippen molar-refractivity contribution < 1.29 is 13.9 Å². The first-order chi connectivity index (χ1) is 19.1. The summed E-state index contributed by atoms with van der Waals surface area (Å²) in [6, 6.07) is 27.7. The molecule has 6 rings (SSSR count). The summed E-state index contributed by atoms with van der Waals surface area (Å²) in [7, 11) is 1.61. The molecule has 0 amide bonds. The van der Waals surface area contributed by atoms with Gasteiger partial charge in [0.05, 0.1) is 22.4 Å². The quantitative estimate of drug-likeness (QED) is 0.126. The second kappa shape index (κ2) is 11.2. The summed E-state index contributed by atoms with van der Waals surface area (Å²) in [6.45, 7) is 0.253. The molecule has 4 nitrogen and oxygen atoms in total. The van der Waals surface area contributed by atoms with Gasteiger partial charge >= 0.3 is 0 Å². The number of ether oxygens (including phenoxy) is 2. The number of hydrogen-bond acceptors (Lipinski definition) is 4. The Bertz CT molecular complexity index is 1550. The Balaban J connectivity index is 1.17. The number of nitrogens with one attached hydrogen (secondary N) is 1. The first-order valence-electron chi connectivity index (χ1n) is 13.0. The molecule has 1 heterocycles. The molecule has 0 saturated heterocycles. The number of fused-ring (bicyclic) bond motifs is 3. The molecule has 1 N–H and O–H groups in total. The Kier molecular flexibility index (Phi) is 7.37. The second-order valence-corrected chi connectivity index (χ2v) is 11.0. The predicted octanol–water partition coefficient (Wildman–Crippen LogP) is 8.60. The summed E-state index contributed by atoms with van der Waals surface area (Å²) in [6.07, 6.45) is 7.60. The van der Waals surface area contributed by atoms with Crippen LogP contribution in [0.25, 0.3) is 0 Å². The Morgan fingerprint density at radius 1 is 1.03 bits per heavy atom. The van der Waals surface area contributed by atoms with Crippen LogP contribution in [0, 0.1) is 15.3 Å². The Morgan fingerprint density at radius 3 is 2.69 bits per heavy atom. The van der Waals surface area contributed by atoms with E-state index in [1.54, 1.807) is 13.2 Å². The molecule has 4 aromatic carbocycles. The summed E-state index contributed by atoms with van der Waals surface area (Å²) in [5, 5.41) is 3.79. The Morgan fingerprint density at radius 2 is 1.87 bits per heavy atom. The highest BCUT2D eigenvalue weighted by atomic mass is 127. The molecular formula is C33H28FIN2O2. The number of hydrogen-bond donors (Lipinski definition) is 1. The van der Waals surface area contributed by atoms with Gasteiger partial charge < -0.3 is 14.8 Å². The van der Waals surface area contributed by atoms with Crippen LogP contribution in [0.15, 0.2) is 102 Å². The van der Waals surface area contributed by atoms with Crippen molar-refractivity contribution in [2.24, 2.45) is 10.9 Å². The van der Waals surface area contributed by atoms with Crippen LogP contribution in [0.1, 0.15) is 40.6 Å². The number of anilines is 1. The number of rotatable bonds is 7. The summed E-state index contributed by atoms with van der Waals surface area (Å²) in [5.74, 6) is 1.94. The van der Waals surface area contributed by atoms with Gasteiger partial charge in [0, 0.05) is 17.8 Å². The van der Waals surface area contributed by atoms with Crippen LogP contribution in [0.2, 0.25) is 0 Å². The third-order valence-electron chi connectivity index (χ3n) is 7.41. The van der Waals surface area contributed by atoms with Gasteiger partial charge in [-0.2, -0.15) is 0 Å². The second-order valence-electron chi connectivity index (χ2n) is 9.87. The highest BCUT2D eigenvalue weighted by Crippen LogP contribution is 2.49. The van der Waals surface area contributed by atoms with Crippen molar-refractivity contribution in [2.45, 2.75) is 25.0 Å². The van der Waals surface area contributed by atoms with Gasteiger partial charge in [0.25, 0.3) is 0 Å². The Labute approximate surface area is 241 Å². The fourth-order valence-electron chi connectivity index (χ4n) is 5.53. The SMILES string of the molecule is COc1cc(C=Nc2ccc([C@@H]3Nc4ccccc4[C@H]4C=CC[C@@H]43)cc2)cc(I)c1OCc1cccc(F)c1. The minimum absolute atomic E-state index is 0.253. The first-order valence-corrected chi connectivity index (χ1v) is 14.1. The van der Waals surface area contributed by atoms with E-state index in [0.717, 1.165) is 26.8 Å². The van der Waals surface area contributed by atoms with Gasteiger partial charge in [0.2, 0.25) is 0 Å². The molecule has 196 valence electrons. The molecule has 2 aliphatic rings. The van der Waals surface area contributed by atoms with Crippen LogP contribution in [0.4, 0.5) is 15.8 Å². The molecule has 0 radical (unpaired) electrons. The first kappa shape index (κ1) is 25.6. The van der Waals surface area contributed by atoms with Crippen molar-refractivity contribution in [1.29, 1.82) is 0 Å². The van der Waals surface area contributed by atoms with E-state index in [-0.39, 0.29) is 18.5 Å². The number of nitrogens with zero attached hydrogens (tertiary/aromatic N) is 1. The van der Waals surface area contributed by atoms with Crippen LogP contribution in [-0.4, -0.2) is 13.3 Å². The van der Waals surface area contributed by atoms with Crippen molar-refractivity contribution in [3.8, 4) is 11.5 Å². The molecule has 0 aromatic heterocycles.